The van der Waals surface area contributed by atoms with Gasteiger partial charge in [-0.3, -0.25) is 10.1 Å². The minimum atomic E-state index is -4.55. The SMILES string of the molecule is CCC1=C(C(=O)Nc2nnc(C(F)(F)F)s2)CCCO1. The highest BCUT2D eigenvalue weighted by Gasteiger charge is 2.36. The van der Waals surface area contributed by atoms with E-state index in [-0.39, 0.29) is 5.13 Å². The lowest BCUT2D eigenvalue weighted by molar-refractivity contribution is -0.138. The Morgan fingerprint density at radius 3 is 2.80 bits per heavy atom. The molecule has 0 saturated heterocycles. The molecule has 2 heterocycles. The third-order valence-electron chi connectivity index (χ3n) is 2.67. The summed E-state index contributed by atoms with van der Waals surface area (Å²) in [6.45, 7) is 2.40. The summed E-state index contributed by atoms with van der Waals surface area (Å²) in [6.07, 6.45) is -2.74. The number of amides is 1. The molecule has 0 spiro atoms. The van der Waals surface area contributed by atoms with Gasteiger partial charge in [0.05, 0.1) is 12.2 Å². The molecule has 9 heteroatoms. The Labute approximate surface area is 116 Å². The lowest BCUT2D eigenvalue weighted by Gasteiger charge is -2.19. The Morgan fingerprint density at radius 1 is 1.45 bits per heavy atom. The first kappa shape index (κ1) is 14.8. The number of nitrogens with zero attached hydrogens (tertiary/aromatic N) is 2. The molecule has 1 aromatic rings. The normalized spacial score (nSPS) is 16.0. The molecule has 2 rings (SSSR count). The molecule has 0 aliphatic carbocycles. The molecule has 1 aliphatic heterocycles. The van der Waals surface area contributed by atoms with Gasteiger partial charge in [-0.05, 0) is 12.8 Å². The number of carbonyl (C=O) groups excluding carboxylic acids is 1. The Bertz CT molecular complexity index is 539. The van der Waals surface area contributed by atoms with E-state index >= 15 is 0 Å². The predicted octanol–water partition coefficient (Wildman–Crippen LogP) is 2.97. The van der Waals surface area contributed by atoms with Crippen LogP contribution in [0.5, 0.6) is 0 Å². The fourth-order valence-electron chi connectivity index (χ4n) is 1.79. The number of hydrogen-bond donors (Lipinski definition) is 1. The van der Waals surface area contributed by atoms with Crippen molar-refractivity contribution in [1.29, 1.82) is 0 Å². The van der Waals surface area contributed by atoms with Crippen molar-refractivity contribution in [3.05, 3.63) is 16.3 Å². The van der Waals surface area contributed by atoms with Gasteiger partial charge >= 0.3 is 6.18 Å². The van der Waals surface area contributed by atoms with Crippen molar-refractivity contribution in [2.45, 2.75) is 32.4 Å². The van der Waals surface area contributed by atoms with Gasteiger partial charge in [-0.15, -0.1) is 10.2 Å². The Kier molecular flexibility index (Phi) is 4.26. The maximum absolute atomic E-state index is 12.4. The molecule has 0 radical (unpaired) electrons. The molecule has 0 bridgehead atoms. The first-order valence-corrected chi connectivity index (χ1v) is 6.80. The van der Waals surface area contributed by atoms with Crippen LogP contribution in [-0.2, 0) is 15.7 Å². The molecule has 20 heavy (non-hydrogen) atoms. The molecule has 1 aliphatic rings. The number of carbonyl (C=O) groups is 1. The van der Waals surface area contributed by atoms with Crippen molar-refractivity contribution in [3.8, 4) is 0 Å². The molecule has 5 nitrogen and oxygen atoms in total. The average molecular weight is 307 g/mol. The van der Waals surface area contributed by atoms with Gasteiger partial charge in [0, 0.05) is 6.42 Å². The van der Waals surface area contributed by atoms with Gasteiger partial charge in [-0.2, -0.15) is 13.2 Å². The second kappa shape index (κ2) is 5.78. The number of aromatic nitrogens is 2. The summed E-state index contributed by atoms with van der Waals surface area (Å²) in [5, 5.41) is 7.41. The number of rotatable bonds is 3. The molecule has 1 amide bonds. The van der Waals surface area contributed by atoms with E-state index in [1.165, 1.54) is 0 Å². The largest absolute Gasteiger partial charge is 0.497 e. The fourth-order valence-corrected chi connectivity index (χ4v) is 2.39. The molecule has 0 saturated carbocycles. The topological polar surface area (TPSA) is 64.1 Å². The number of anilines is 1. The van der Waals surface area contributed by atoms with Crippen molar-refractivity contribution < 1.29 is 22.7 Å². The van der Waals surface area contributed by atoms with E-state index in [0.717, 1.165) is 0 Å². The summed E-state index contributed by atoms with van der Waals surface area (Å²) >= 11 is 0.298. The standard InChI is InChI=1S/C11H12F3N3O2S/c1-2-7-6(4-3-5-19-7)8(18)15-10-17-16-9(20-10)11(12,13)14/h2-5H2,1H3,(H,15,17,18). The van der Waals surface area contributed by atoms with E-state index < -0.39 is 17.1 Å². The minimum Gasteiger partial charge on any atom is -0.497 e. The second-order valence-corrected chi connectivity index (χ2v) is 5.05. The Balaban J connectivity index is 2.12. The van der Waals surface area contributed by atoms with Crippen molar-refractivity contribution in [3.63, 3.8) is 0 Å². The molecular formula is C11H12F3N3O2S. The van der Waals surface area contributed by atoms with Crippen molar-refractivity contribution in [1.82, 2.24) is 10.2 Å². The van der Waals surface area contributed by atoms with Crippen molar-refractivity contribution in [2.24, 2.45) is 0 Å². The van der Waals surface area contributed by atoms with Gasteiger partial charge in [0.15, 0.2) is 0 Å². The number of hydrogen-bond acceptors (Lipinski definition) is 5. The van der Waals surface area contributed by atoms with E-state index in [1.807, 2.05) is 6.92 Å². The summed E-state index contributed by atoms with van der Waals surface area (Å²) in [5.41, 5.74) is 0.461. The molecule has 0 aromatic carbocycles. The van der Waals surface area contributed by atoms with E-state index in [0.29, 0.717) is 48.5 Å². The summed E-state index contributed by atoms with van der Waals surface area (Å²) in [7, 11) is 0. The monoisotopic (exact) mass is 307 g/mol. The molecule has 0 atom stereocenters. The van der Waals surface area contributed by atoms with E-state index in [4.69, 9.17) is 4.74 Å². The molecule has 1 N–H and O–H groups in total. The highest BCUT2D eigenvalue weighted by atomic mass is 32.1. The summed E-state index contributed by atoms with van der Waals surface area (Å²) in [6, 6.07) is 0. The van der Waals surface area contributed by atoms with E-state index in [2.05, 4.69) is 15.5 Å². The first-order valence-electron chi connectivity index (χ1n) is 5.98. The third kappa shape index (κ3) is 3.27. The van der Waals surface area contributed by atoms with Crippen LogP contribution in [-0.4, -0.2) is 22.7 Å². The third-order valence-corrected chi connectivity index (χ3v) is 3.55. The number of ether oxygens (including phenoxy) is 1. The van der Waals surface area contributed by atoms with E-state index in [1.54, 1.807) is 0 Å². The van der Waals surface area contributed by atoms with Crippen LogP contribution in [0.15, 0.2) is 11.3 Å². The highest BCUT2D eigenvalue weighted by molar-refractivity contribution is 7.15. The zero-order valence-corrected chi connectivity index (χ0v) is 11.4. The Morgan fingerprint density at radius 2 is 2.20 bits per heavy atom. The lowest BCUT2D eigenvalue weighted by atomic mass is 10.0. The van der Waals surface area contributed by atoms with Crippen LogP contribution in [0.4, 0.5) is 18.3 Å². The zero-order chi connectivity index (χ0) is 14.8. The maximum Gasteiger partial charge on any atom is 0.445 e. The smallest absolute Gasteiger partial charge is 0.445 e. The molecular weight excluding hydrogens is 295 g/mol. The Hall–Kier alpha value is -1.64. The number of allylic oxidation sites excluding steroid dienone is 1. The van der Waals surface area contributed by atoms with Crippen LogP contribution in [0.2, 0.25) is 0 Å². The molecule has 0 unspecified atom stereocenters. The number of alkyl halides is 3. The van der Waals surface area contributed by atoms with Crippen molar-refractivity contribution >= 4 is 22.4 Å². The van der Waals surface area contributed by atoms with Gasteiger partial charge < -0.3 is 4.74 Å². The van der Waals surface area contributed by atoms with Crippen molar-refractivity contribution in [2.75, 3.05) is 11.9 Å². The number of halogens is 3. The first-order chi connectivity index (χ1) is 9.41. The molecule has 0 fully saturated rings. The van der Waals surface area contributed by atoms with Crippen LogP contribution in [0, 0.1) is 0 Å². The predicted molar refractivity (Wildman–Crippen MR) is 66.0 cm³/mol. The quantitative estimate of drug-likeness (QED) is 0.932. The minimum absolute atomic E-state index is 0.171. The maximum atomic E-state index is 12.4. The molecule has 110 valence electrons. The van der Waals surface area contributed by atoms with Gasteiger partial charge in [0.2, 0.25) is 10.1 Å². The van der Waals surface area contributed by atoms with Gasteiger partial charge in [-0.1, -0.05) is 18.3 Å². The lowest BCUT2D eigenvalue weighted by Crippen LogP contribution is -2.20. The average Bonchev–Trinajstić information content (AvgIpc) is 2.87. The molecule has 1 aromatic heterocycles. The summed E-state index contributed by atoms with van der Waals surface area (Å²) in [4.78, 5) is 12.0. The summed E-state index contributed by atoms with van der Waals surface area (Å²) < 4.78 is 42.5. The summed E-state index contributed by atoms with van der Waals surface area (Å²) in [5.74, 6) is 0.0979. The van der Waals surface area contributed by atoms with Crippen LogP contribution in [0.3, 0.4) is 0 Å². The van der Waals surface area contributed by atoms with Gasteiger partial charge in [0.25, 0.3) is 5.91 Å². The fraction of sp³-hybridized carbons (Fsp3) is 0.545. The second-order valence-electron chi connectivity index (χ2n) is 4.07. The van der Waals surface area contributed by atoms with Crippen LogP contribution in [0.25, 0.3) is 0 Å². The van der Waals surface area contributed by atoms with E-state index in [9.17, 15) is 18.0 Å². The van der Waals surface area contributed by atoms with Crippen LogP contribution >= 0.6 is 11.3 Å². The van der Waals surface area contributed by atoms with Crippen LogP contribution in [0.1, 0.15) is 31.2 Å². The van der Waals surface area contributed by atoms with Crippen LogP contribution < -0.4 is 5.32 Å². The zero-order valence-electron chi connectivity index (χ0n) is 10.6. The van der Waals surface area contributed by atoms with Gasteiger partial charge in [-0.25, -0.2) is 0 Å². The van der Waals surface area contributed by atoms with Gasteiger partial charge in [0.1, 0.15) is 5.76 Å². The number of nitrogens with one attached hydrogen (secondary N) is 1. The highest BCUT2D eigenvalue weighted by Crippen LogP contribution is 2.33.